The summed E-state index contributed by atoms with van der Waals surface area (Å²) in [5.74, 6) is 0.497. The summed E-state index contributed by atoms with van der Waals surface area (Å²) >= 11 is 1.79. The lowest BCUT2D eigenvalue weighted by Gasteiger charge is -2.37. The lowest BCUT2D eigenvalue weighted by molar-refractivity contribution is 0.0478. The molecule has 14 heavy (non-hydrogen) atoms. The van der Waals surface area contributed by atoms with E-state index in [9.17, 15) is 0 Å². The van der Waals surface area contributed by atoms with E-state index < -0.39 is 0 Å². The number of hydrogen-bond donors (Lipinski definition) is 1. The minimum atomic E-state index is 0.326. The van der Waals surface area contributed by atoms with Crippen molar-refractivity contribution in [3.63, 3.8) is 0 Å². The third kappa shape index (κ3) is 1.97. The summed E-state index contributed by atoms with van der Waals surface area (Å²) in [4.78, 5) is 8.15. The van der Waals surface area contributed by atoms with Crippen molar-refractivity contribution < 1.29 is 5.11 Å². The van der Waals surface area contributed by atoms with Crippen molar-refractivity contribution in [1.82, 2.24) is 9.88 Å². The first-order valence-corrected chi connectivity index (χ1v) is 5.77. The Morgan fingerprint density at radius 1 is 1.50 bits per heavy atom. The fourth-order valence-corrected chi connectivity index (χ4v) is 2.70. The van der Waals surface area contributed by atoms with E-state index in [2.05, 4.69) is 23.7 Å². The molecule has 1 aromatic rings. The normalized spacial score (nSPS) is 18.5. The Kier molecular flexibility index (Phi) is 2.85. The largest absolute Gasteiger partial charge is 0.396 e. The molecule has 1 N–H and O–H groups in total. The molecule has 78 valence electrons. The van der Waals surface area contributed by atoms with Crippen LogP contribution in [-0.2, 0) is 6.54 Å². The van der Waals surface area contributed by atoms with Crippen molar-refractivity contribution in [2.75, 3.05) is 19.7 Å². The van der Waals surface area contributed by atoms with Gasteiger partial charge < -0.3 is 5.11 Å². The first kappa shape index (κ1) is 10.1. The molecule has 1 fully saturated rings. The summed E-state index contributed by atoms with van der Waals surface area (Å²) in [5, 5.41) is 10.1. The van der Waals surface area contributed by atoms with E-state index in [1.165, 1.54) is 9.88 Å². The number of aliphatic hydroxyl groups is 1. The topological polar surface area (TPSA) is 36.4 Å². The van der Waals surface area contributed by atoms with Crippen LogP contribution >= 0.6 is 11.3 Å². The van der Waals surface area contributed by atoms with Crippen LogP contribution in [0.4, 0.5) is 0 Å². The molecule has 1 saturated heterocycles. The standard InChI is InChI=1S/C10H16N2OS/c1-7-8(2)14-10(11-7)5-12-3-9(4-12)6-13/h9,13H,3-6H2,1-2H3. The molecule has 0 unspecified atom stereocenters. The summed E-state index contributed by atoms with van der Waals surface area (Å²) in [6, 6.07) is 0. The SMILES string of the molecule is Cc1nc(CN2CC(CO)C2)sc1C. The predicted octanol–water partition coefficient (Wildman–Crippen LogP) is 1.18. The zero-order chi connectivity index (χ0) is 10.1. The van der Waals surface area contributed by atoms with Crippen molar-refractivity contribution in [3.05, 3.63) is 15.6 Å². The number of hydrogen-bond acceptors (Lipinski definition) is 4. The molecule has 4 heteroatoms. The number of rotatable bonds is 3. The number of aliphatic hydroxyl groups excluding tert-OH is 1. The molecule has 0 atom stereocenters. The van der Waals surface area contributed by atoms with Crippen LogP contribution in [-0.4, -0.2) is 34.7 Å². The number of aryl methyl sites for hydroxylation is 2. The van der Waals surface area contributed by atoms with Gasteiger partial charge in [-0.2, -0.15) is 0 Å². The van der Waals surface area contributed by atoms with Crippen molar-refractivity contribution in [2.45, 2.75) is 20.4 Å². The van der Waals surface area contributed by atoms with Crippen molar-refractivity contribution in [2.24, 2.45) is 5.92 Å². The van der Waals surface area contributed by atoms with Gasteiger partial charge in [-0.1, -0.05) is 0 Å². The average Bonchev–Trinajstić information content (AvgIpc) is 2.38. The third-order valence-corrected chi connectivity index (χ3v) is 3.78. The van der Waals surface area contributed by atoms with Crippen LogP contribution in [0.1, 0.15) is 15.6 Å². The quantitative estimate of drug-likeness (QED) is 0.817. The van der Waals surface area contributed by atoms with E-state index in [1.54, 1.807) is 11.3 Å². The first-order chi connectivity index (χ1) is 6.69. The number of nitrogens with zero attached hydrogens (tertiary/aromatic N) is 2. The Morgan fingerprint density at radius 3 is 2.71 bits per heavy atom. The van der Waals surface area contributed by atoms with E-state index in [0.717, 1.165) is 25.3 Å². The molecule has 0 bridgehead atoms. The second kappa shape index (κ2) is 3.96. The Hall–Kier alpha value is -0.450. The maximum Gasteiger partial charge on any atom is 0.107 e. The van der Waals surface area contributed by atoms with Gasteiger partial charge in [0.1, 0.15) is 5.01 Å². The van der Waals surface area contributed by atoms with Crippen molar-refractivity contribution in [1.29, 1.82) is 0 Å². The molecule has 0 aromatic carbocycles. The summed E-state index contributed by atoms with van der Waals surface area (Å²) < 4.78 is 0. The second-order valence-corrected chi connectivity index (χ2v) is 5.28. The maximum absolute atomic E-state index is 8.88. The highest BCUT2D eigenvalue weighted by atomic mass is 32.1. The first-order valence-electron chi connectivity index (χ1n) is 4.95. The zero-order valence-corrected chi connectivity index (χ0v) is 9.47. The maximum atomic E-state index is 8.88. The molecule has 0 radical (unpaired) electrons. The smallest absolute Gasteiger partial charge is 0.107 e. The molecule has 1 aliphatic heterocycles. The van der Waals surface area contributed by atoms with Gasteiger partial charge in [-0.05, 0) is 13.8 Å². The van der Waals surface area contributed by atoms with Crippen molar-refractivity contribution in [3.8, 4) is 0 Å². The van der Waals surface area contributed by atoms with Crippen molar-refractivity contribution >= 4 is 11.3 Å². The molecule has 1 aromatic heterocycles. The molecule has 0 amide bonds. The Morgan fingerprint density at radius 2 is 2.21 bits per heavy atom. The van der Waals surface area contributed by atoms with Gasteiger partial charge in [0.15, 0.2) is 0 Å². The highest BCUT2D eigenvalue weighted by Gasteiger charge is 2.26. The zero-order valence-electron chi connectivity index (χ0n) is 8.66. The van der Waals surface area contributed by atoms with E-state index in [1.807, 2.05) is 0 Å². The molecule has 3 nitrogen and oxygen atoms in total. The van der Waals surface area contributed by atoms with E-state index in [0.29, 0.717) is 12.5 Å². The molecule has 0 saturated carbocycles. The van der Waals surface area contributed by atoms with Gasteiger partial charge in [0.25, 0.3) is 0 Å². The van der Waals surface area contributed by atoms with Crippen LogP contribution < -0.4 is 0 Å². The van der Waals surface area contributed by atoms with Crippen LogP contribution in [0.25, 0.3) is 0 Å². The summed E-state index contributed by atoms with van der Waals surface area (Å²) in [7, 11) is 0. The van der Waals surface area contributed by atoms with E-state index in [-0.39, 0.29) is 0 Å². The summed E-state index contributed by atoms with van der Waals surface area (Å²) in [6.07, 6.45) is 0. The van der Waals surface area contributed by atoms with Crippen LogP contribution in [0.3, 0.4) is 0 Å². The average molecular weight is 212 g/mol. The lowest BCUT2D eigenvalue weighted by atomic mass is 10.0. The molecular formula is C10H16N2OS. The Balaban J connectivity index is 1.87. The molecule has 0 aliphatic carbocycles. The molecular weight excluding hydrogens is 196 g/mol. The molecule has 1 aliphatic rings. The van der Waals surface area contributed by atoms with E-state index in [4.69, 9.17) is 5.11 Å². The minimum absolute atomic E-state index is 0.326. The van der Waals surface area contributed by atoms with Crippen LogP contribution in [0.15, 0.2) is 0 Å². The Labute approximate surface area is 88.4 Å². The van der Waals surface area contributed by atoms with E-state index >= 15 is 0 Å². The number of thiazole rings is 1. The monoisotopic (exact) mass is 212 g/mol. The van der Waals surface area contributed by atoms with Gasteiger partial charge >= 0.3 is 0 Å². The van der Waals surface area contributed by atoms with Gasteiger partial charge in [0.2, 0.25) is 0 Å². The molecule has 2 heterocycles. The minimum Gasteiger partial charge on any atom is -0.396 e. The highest BCUT2D eigenvalue weighted by molar-refractivity contribution is 7.11. The third-order valence-electron chi connectivity index (χ3n) is 2.72. The van der Waals surface area contributed by atoms with Gasteiger partial charge in [-0.3, -0.25) is 4.90 Å². The number of likely N-dealkylation sites (tertiary alicyclic amines) is 1. The molecule has 2 rings (SSSR count). The van der Waals surface area contributed by atoms with Gasteiger partial charge in [0.05, 0.1) is 12.2 Å². The summed E-state index contributed by atoms with van der Waals surface area (Å²) in [5.41, 5.74) is 1.16. The molecule has 0 spiro atoms. The van der Waals surface area contributed by atoms with Crippen LogP contribution in [0, 0.1) is 19.8 Å². The van der Waals surface area contributed by atoms with Crippen LogP contribution in [0.2, 0.25) is 0 Å². The van der Waals surface area contributed by atoms with Gasteiger partial charge in [0, 0.05) is 30.5 Å². The second-order valence-electron chi connectivity index (χ2n) is 3.99. The fourth-order valence-electron chi connectivity index (χ4n) is 1.72. The number of aromatic nitrogens is 1. The Bertz CT molecular complexity index is 298. The van der Waals surface area contributed by atoms with Gasteiger partial charge in [-0.25, -0.2) is 4.98 Å². The predicted molar refractivity (Wildman–Crippen MR) is 57.4 cm³/mol. The highest BCUT2D eigenvalue weighted by Crippen LogP contribution is 2.22. The fraction of sp³-hybridized carbons (Fsp3) is 0.700. The lowest BCUT2D eigenvalue weighted by Crippen LogP contribution is -2.47. The summed E-state index contributed by atoms with van der Waals surface area (Å²) in [6.45, 7) is 7.50. The van der Waals surface area contributed by atoms with Crippen LogP contribution in [0.5, 0.6) is 0 Å². The van der Waals surface area contributed by atoms with Gasteiger partial charge in [-0.15, -0.1) is 11.3 Å².